The van der Waals surface area contributed by atoms with Gasteiger partial charge in [-0.3, -0.25) is 9.59 Å². The number of aromatic hydroxyl groups is 2. The van der Waals surface area contributed by atoms with E-state index in [0.29, 0.717) is 50.0 Å². The zero-order chi connectivity index (χ0) is 36.0. The second-order valence-electron chi connectivity index (χ2n) is 13.8. The number of hydrogen-bond acceptors (Lipinski definition) is 8. The Hall–Kier alpha value is -5.24. The molecule has 2 aliphatic carbocycles. The predicted molar refractivity (Wildman–Crippen MR) is 195 cm³/mol. The van der Waals surface area contributed by atoms with Gasteiger partial charge in [0.1, 0.15) is 12.2 Å². The molecule has 0 aliphatic heterocycles. The molecule has 4 aromatic rings. The van der Waals surface area contributed by atoms with Crippen LogP contribution in [-0.4, -0.2) is 48.6 Å². The molecule has 4 aromatic carbocycles. The van der Waals surface area contributed by atoms with E-state index in [9.17, 15) is 19.8 Å². The number of carbonyl (C=O) groups is 2. The van der Waals surface area contributed by atoms with Crippen molar-refractivity contribution >= 4 is 18.0 Å². The van der Waals surface area contributed by atoms with E-state index in [0.717, 1.165) is 27.8 Å². The van der Waals surface area contributed by atoms with Gasteiger partial charge in [0.05, 0.1) is 14.2 Å². The first-order valence-electron chi connectivity index (χ1n) is 17.6. The Morgan fingerprint density at radius 3 is 2.24 bits per heavy atom. The molecule has 0 bridgehead atoms. The van der Waals surface area contributed by atoms with E-state index >= 15 is 0 Å². The number of aryl methyl sites for hydroxylation is 1. The van der Waals surface area contributed by atoms with Crippen molar-refractivity contribution in [2.24, 2.45) is 11.3 Å². The number of rotatable bonds is 10. The molecule has 2 N–H and O–H groups in total. The largest absolute Gasteiger partial charge is 0.504 e. The summed E-state index contributed by atoms with van der Waals surface area (Å²) >= 11 is 0. The molecule has 0 saturated heterocycles. The van der Waals surface area contributed by atoms with E-state index < -0.39 is 23.6 Å². The van der Waals surface area contributed by atoms with Crippen molar-refractivity contribution in [2.75, 3.05) is 14.2 Å². The van der Waals surface area contributed by atoms with Gasteiger partial charge < -0.3 is 29.2 Å². The predicted octanol–water partition coefficient (Wildman–Crippen LogP) is 7.97. The Bertz CT molecular complexity index is 1850. The second-order valence-corrected chi connectivity index (χ2v) is 13.8. The zero-order valence-corrected chi connectivity index (χ0v) is 29.4. The number of phenolic OH excluding ortho intramolecular Hbond substituents is 2. The molecule has 0 spiro atoms. The first kappa shape index (κ1) is 35.6. The summed E-state index contributed by atoms with van der Waals surface area (Å²) < 4.78 is 23.5. The third-order valence-corrected chi connectivity index (χ3v) is 10.5. The quantitative estimate of drug-likeness (QED) is 0.161. The third kappa shape index (κ3) is 8.39. The summed E-state index contributed by atoms with van der Waals surface area (Å²) in [5.74, 6) is -0.200. The Morgan fingerprint density at radius 1 is 0.824 bits per heavy atom. The van der Waals surface area contributed by atoms with Gasteiger partial charge in [0, 0.05) is 25.7 Å². The van der Waals surface area contributed by atoms with Gasteiger partial charge in [0.25, 0.3) is 0 Å². The fourth-order valence-corrected chi connectivity index (χ4v) is 8.06. The van der Waals surface area contributed by atoms with E-state index in [2.05, 4.69) is 24.3 Å². The van der Waals surface area contributed by atoms with Crippen LogP contribution in [0.1, 0.15) is 66.3 Å². The van der Waals surface area contributed by atoms with E-state index in [1.54, 1.807) is 12.1 Å². The summed E-state index contributed by atoms with van der Waals surface area (Å²) in [6.07, 6.45) is 6.55. The number of benzene rings is 4. The maximum atomic E-state index is 13.4. The minimum Gasteiger partial charge on any atom is -0.504 e. The number of ether oxygens (including phenoxy) is 4. The van der Waals surface area contributed by atoms with Crippen LogP contribution in [0, 0.1) is 11.3 Å². The van der Waals surface area contributed by atoms with Crippen LogP contribution in [0.5, 0.6) is 23.0 Å². The molecule has 8 nitrogen and oxygen atoms in total. The van der Waals surface area contributed by atoms with Gasteiger partial charge in [-0.05, 0) is 95.5 Å². The number of allylic oxidation sites excluding steroid dienone is 1. The lowest BCUT2D eigenvalue weighted by molar-refractivity contribution is -0.161. The Morgan fingerprint density at radius 2 is 1.53 bits per heavy atom. The molecule has 2 aliphatic rings. The summed E-state index contributed by atoms with van der Waals surface area (Å²) in [5, 5.41) is 21.4. The Kier molecular flexibility index (Phi) is 11.0. The molecule has 5 atom stereocenters. The Labute approximate surface area is 299 Å². The van der Waals surface area contributed by atoms with Crippen molar-refractivity contribution in [2.45, 2.75) is 70.0 Å². The van der Waals surface area contributed by atoms with Gasteiger partial charge in [0.15, 0.2) is 23.0 Å². The van der Waals surface area contributed by atoms with Gasteiger partial charge in [-0.15, -0.1) is 0 Å². The van der Waals surface area contributed by atoms with Crippen LogP contribution >= 0.6 is 0 Å². The highest BCUT2D eigenvalue weighted by Crippen LogP contribution is 2.54. The molecule has 0 radical (unpaired) electrons. The molecule has 1 fully saturated rings. The van der Waals surface area contributed by atoms with Crippen molar-refractivity contribution in [1.29, 1.82) is 0 Å². The molecule has 0 aromatic heterocycles. The fourth-order valence-electron chi connectivity index (χ4n) is 8.06. The van der Waals surface area contributed by atoms with Crippen LogP contribution < -0.4 is 9.47 Å². The molecule has 1 saturated carbocycles. The van der Waals surface area contributed by atoms with Crippen molar-refractivity contribution < 1.29 is 38.7 Å². The smallest absolute Gasteiger partial charge is 0.306 e. The van der Waals surface area contributed by atoms with Crippen LogP contribution in [0.15, 0.2) is 97.1 Å². The van der Waals surface area contributed by atoms with Crippen LogP contribution in [-0.2, 0) is 38.3 Å². The first-order valence-corrected chi connectivity index (χ1v) is 17.6. The molecular weight excluding hydrogens is 644 g/mol. The van der Waals surface area contributed by atoms with Crippen molar-refractivity contribution in [3.63, 3.8) is 0 Å². The van der Waals surface area contributed by atoms with E-state index in [4.69, 9.17) is 18.9 Å². The maximum absolute atomic E-state index is 13.4. The monoisotopic (exact) mass is 690 g/mol. The van der Waals surface area contributed by atoms with Gasteiger partial charge in [-0.1, -0.05) is 78.9 Å². The molecule has 0 amide bonds. The molecular formula is C43H46O8. The minimum atomic E-state index is -0.571. The van der Waals surface area contributed by atoms with E-state index in [1.165, 1.54) is 21.1 Å². The maximum Gasteiger partial charge on any atom is 0.306 e. The summed E-state index contributed by atoms with van der Waals surface area (Å²) in [7, 11) is 3.05. The van der Waals surface area contributed by atoms with E-state index in [-0.39, 0.29) is 35.7 Å². The minimum absolute atomic E-state index is 0.0403. The number of carbonyl (C=O) groups excluding carboxylic acids is 2. The van der Waals surface area contributed by atoms with Gasteiger partial charge in [-0.25, -0.2) is 0 Å². The van der Waals surface area contributed by atoms with E-state index in [1.807, 2.05) is 66.7 Å². The number of methoxy groups -OCH3 is 2. The van der Waals surface area contributed by atoms with Gasteiger partial charge >= 0.3 is 11.9 Å². The molecule has 51 heavy (non-hydrogen) atoms. The topological polar surface area (TPSA) is 112 Å². The molecule has 5 unspecified atom stereocenters. The number of hydrogen-bond donors (Lipinski definition) is 2. The fraction of sp³-hybridized carbons (Fsp3) is 0.349. The van der Waals surface area contributed by atoms with Gasteiger partial charge in [0.2, 0.25) is 0 Å². The standard InChI is InChI=1S/C43H46O8/c1-28(44)50-39-25-35(51-42(47)17-14-29-10-6-4-7-11-29)20-33(31-15-16-37(45)40(23-31)48-2)26-43(19-18-30-12-8-5-9-13-30)27-34-22-38(46)41(49-3)24-32(34)21-36(39)43/h4-13,15-16,18-19,22-24,33,35-36,39,45-46H,14,17,20-21,25-27H2,1-3H3. The zero-order valence-electron chi connectivity index (χ0n) is 29.4. The number of fused-ring (bicyclic) bond motifs is 2. The van der Waals surface area contributed by atoms with Crippen LogP contribution in [0.3, 0.4) is 0 Å². The first-order chi connectivity index (χ1) is 24.7. The molecule has 0 heterocycles. The summed E-state index contributed by atoms with van der Waals surface area (Å²) in [4.78, 5) is 26.2. The number of esters is 2. The highest BCUT2D eigenvalue weighted by atomic mass is 16.6. The average molecular weight is 691 g/mol. The number of phenols is 2. The average Bonchev–Trinajstić information content (AvgIpc) is 3.12. The normalized spacial score (nSPS) is 22.9. The molecule has 266 valence electrons. The third-order valence-electron chi connectivity index (χ3n) is 10.5. The molecule has 8 heteroatoms. The highest BCUT2D eigenvalue weighted by molar-refractivity contribution is 5.70. The summed E-state index contributed by atoms with van der Waals surface area (Å²) in [6, 6.07) is 29.0. The van der Waals surface area contributed by atoms with Crippen molar-refractivity contribution in [3.05, 3.63) is 125 Å². The lowest BCUT2D eigenvalue weighted by atomic mass is 9.56. The van der Waals surface area contributed by atoms with Gasteiger partial charge in [-0.2, -0.15) is 0 Å². The van der Waals surface area contributed by atoms with Crippen molar-refractivity contribution in [1.82, 2.24) is 0 Å². The summed E-state index contributed by atoms with van der Waals surface area (Å²) in [5.41, 5.74) is 4.48. The SMILES string of the molecule is COc1cc(C2CC(OC(=O)CCc3ccccc3)CC(OC(C)=O)C3Cc4cc(OC)c(O)cc4CC3(C=Cc3ccccc3)C2)ccc1O. The lowest BCUT2D eigenvalue weighted by Gasteiger charge is -2.50. The summed E-state index contributed by atoms with van der Waals surface area (Å²) in [6.45, 7) is 1.42. The van der Waals surface area contributed by atoms with Crippen LogP contribution in [0.2, 0.25) is 0 Å². The van der Waals surface area contributed by atoms with Crippen LogP contribution in [0.25, 0.3) is 6.08 Å². The highest BCUT2D eigenvalue weighted by Gasteiger charge is 2.50. The van der Waals surface area contributed by atoms with Crippen molar-refractivity contribution in [3.8, 4) is 23.0 Å². The Balaban J connectivity index is 1.45. The molecule has 6 rings (SSSR count). The second kappa shape index (κ2) is 15.8. The lowest BCUT2D eigenvalue weighted by Crippen LogP contribution is -2.49. The van der Waals surface area contributed by atoms with Crippen LogP contribution in [0.4, 0.5) is 0 Å².